The Labute approximate surface area is 144 Å². The summed E-state index contributed by atoms with van der Waals surface area (Å²) in [5.41, 5.74) is 3.84. The minimum absolute atomic E-state index is 0.0634. The lowest BCUT2D eigenvalue weighted by molar-refractivity contribution is -0.120. The standard InChI is InChI=1S/C19H17FN2OS/c1-13-2-4-14(5-3-13)11-21-18(23)10-17-12-24-19(22-17)15-6-8-16(20)9-7-15/h2-9,12H,10-11H2,1H3,(H,21,23). The molecule has 1 amide bonds. The maximum absolute atomic E-state index is 13.0. The Morgan fingerprint density at radius 3 is 2.54 bits per heavy atom. The molecule has 5 heteroatoms. The molecule has 0 atom stereocenters. The second kappa shape index (κ2) is 7.36. The average Bonchev–Trinajstić information content (AvgIpc) is 3.03. The summed E-state index contributed by atoms with van der Waals surface area (Å²) in [6, 6.07) is 14.3. The van der Waals surface area contributed by atoms with E-state index in [1.54, 1.807) is 12.1 Å². The minimum atomic E-state index is -0.272. The monoisotopic (exact) mass is 340 g/mol. The minimum Gasteiger partial charge on any atom is -0.352 e. The third-order valence-electron chi connectivity index (χ3n) is 3.59. The van der Waals surface area contributed by atoms with E-state index in [9.17, 15) is 9.18 Å². The number of thiazole rings is 1. The fourth-order valence-electron chi connectivity index (χ4n) is 2.25. The molecule has 3 aromatic rings. The summed E-state index contributed by atoms with van der Waals surface area (Å²) >= 11 is 1.45. The van der Waals surface area contributed by atoms with Crippen molar-refractivity contribution in [2.45, 2.75) is 19.9 Å². The molecule has 0 radical (unpaired) electrons. The Bertz CT molecular complexity index is 825. The summed E-state index contributed by atoms with van der Waals surface area (Å²) in [5, 5.41) is 5.55. The second-order valence-corrected chi connectivity index (χ2v) is 6.45. The van der Waals surface area contributed by atoms with Gasteiger partial charge in [0.1, 0.15) is 10.8 Å². The van der Waals surface area contributed by atoms with Gasteiger partial charge in [0.15, 0.2) is 0 Å². The van der Waals surface area contributed by atoms with E-state index in [1.165, 1.54) is 29.0 Å². The molecule has 122 valence electrons. The first kappa shape index (κ1) is 16.3. The molecule has 0 aliphatic rings. The number of hydrogen-bond donors (Lipinski definition) is 1. The fourth-order valence-corrected chi connectivity index (χ4v) is 3.07. The molecule has 1 heterocycles. The zero-order valence-electron chi connectivity index (χ0n) is 13.3. The van der Waals surface area contributed by atoms with E-state index >= 15 is 0 Å². The zero-order chi connectivity index (χ0) is 16.9. The molecule has 3 nitrogen and oxygen atoms in total. The number of rotatable bonds is 5. The van der Waals surface area contributed by atoms with Gasteiger partial charge in [-0.1, -0.05) is 29.8 Å². The van der Waals surface area contributed by atoms with Gasteiger partial charge in [-0.05, 0) is 36.8 Å². The van der Waals surface area contributed by atoms with Gasteiger partial charge in [0.25, 0.3) is 0 Å². The van der Waals surface area contributed by atoms with Crippen molar-refractivity contribution in [2.24, 2.45) is 0 Å². The molecule has 1 aromatic heterocycles. The van der Waals surface area contributed by atoms with Crippen LogP contribution in [0.2, 0.25) is 0 Å². The Kier molecular flexibility index (Phi) is 5.01. The number of carbonyl (C=O) groups excluding carboxylic acids is 1. The number of nitrogens with zero attached hydrogens (tertiary/aromatic N) is 1. The topological polar surface area (TPSA) is 42.0 Å². The fraction of sp³-hybridized carbons (Fsp3) is 0.158. The second-order valence-electron chi connectivity index (χ2n) is 5.59. The lowest BCUT2D eigenvalue weighted by Crippen LogP contribution is -2.24. The van der Waals surface area contributed by atoms with Gasteiger partial charge in [0.2, 0.25) is 5.91 Å². The molecule has 2 aromatic carbocycles. The van der Waals surface area contributed by atoms with Crippen LogP contribution in [0.15, 0.2) is 53.9 Å². The van der Waals surface area contributed by atoms with Gasteiger partial charge in [0.05, 0.1) is 12.1 Å². The number of nitrogens with one attached hydrogen (secondary N) is 1. The SMILES string of the molecule is Cc1ccc(CNC(=O)Cc2csc(-c3ccc(F)cc3)n2)cc1. The number of carbonyl (C=O) groups is 1. The Balaban J connectivity index is 1.57. The van der Waals surface area contributed by atoms with Gasteiger partial charge in [-0.3, -0.25) is 4.79 Å². The molecular weight excluding hydrogens is 323 g/mol. The van der Waals surface area contributed by atoms with E-state index in [2.05, 4.69) is 10.3 Å². The molecular formula is C19H17FN2OS. The number of benzene rings is 2. The maximum Gasteiger partial charge on any atom is 0.226 e. The van der Waals surface area contributed by atoms with Crippen molar-refractivity contribution in [3.63, 3.8) is 0 Å². The highest BCUT2D eigenvalue weighted by molar-refractivity contribution is 7.13. The van der Waals surface area contributed by atoms with Crippen molar-refractivity contribution in [1.82, 2.24) is 10.3 Å². The van der Waals surface area contributed by atoms with Crippen LogP contribution in [0.4, 0.5) is 4.39 Å². The van der Waals surface area contributed by atoms with Crippen LogP contribution in [0.3, 0.4) is 0 Å². The summed E-state index contributed by atoms with van der Waals surface area (Å²) in [4.78, 5) is 16.5. The number of halogens is 1. The highest BCUT2D eigenvalue weighted by atomic mass is 32.1. The van der Waals surface area contributed by atoms with Crippen LogP contribution in [0.1, 0.15) is 16.8 Å². The zero-order valence-corrected chi connectivity index (χ0v) is 14.1. The number of aryl methyl sites for hydroxylation is 1. The van der Waals surface area contributed by atoms with Crippen molar-refractivity contribution in [3.8, 4) is 10.6 Å². The molecule has 0 fully saturated rings. The first-order chi connectivity index (χ1) is 11.6. The molecule has 0 aliphatic carbocycles. The van der Waals surface area contributed by atoms with Crippen molar-refractivity contribution in [3.05, 3.63) is 76.5 Å². The Morgan fingerprint density at radius 2 is 1.83 bits per heavy atom. The molecule has 0 unspecified atom stereocenters. The van der Waals surface area contributed by atoms with Gasteiger partial charge < -0.3 is 5.32 Å². The van der Waals surface area contributed by atoms with Gasteiger partial charge >= 0.3 is 0 Å². The largest absolute Gasteiger partial charge is 0.352 e. The summed E-state index contributed by atoms with van der Waals surface area (Å²) in [6.45, 7) is 2.54. The molecule has 0 aliphatic heterocycles. The number of amides is 1. The van der Waals surface area contributed by atoms with E-state index in [0.29, 0.717) is 6.54 Å². The number of hydrogen-bond acceptors (Lipinski definition) is 3. The van der Waals surface area contributed by atoms with Crippen molar-refractivity contribution >= 4 is 17.2 Å². The van der Waals surface area contributed by atoms with Crippen LogP contribution >= 0.6 is 11.3 Å². The van der Waals surface area contributed by atoms with Crippen LogP contribution in [-0.4, -0.2) is 10.9 Å². The smallest absolute Gasteiger partial charge is 0.226 e. The molecule has 3 rings (SSSR count). The lowest BCUT2D eigenvalue weighted by Gasteiger charge is -2.04. The van der Waals surface area contributed by atoms with Crippen molar-refractivity contribution in [2.75, 3.05) is 0 Å². The average molecular weight is 340 g/mol. The number of aromatic nitrogens is 1. The molecule has 1 N–H and O–H groups in total. The van der Waals surface area contributed by atoms with Gasteiger partial charge in [-0.15, -0.1) is 11.3 Å². The summed E-state index contributed by atoms with van der Waals surface area (Å²) in [5.74, 6) is -0.336. The molecule has 0 spiro atoms. The maximum atomic E-state index is 13.0. The summed E-state index contributed by atoms with van der Waals surface area (Å²) < 4.78 is 13.0. The van der Waals surface area contributed by atoms with Crippen LogP contribution < -0.4 is 5.32 Å². The Hall–Kier alpha value is -2.53. The van der Waals surface area contributed by atoms with E-state index in [0.717, 1.165) is 21.8 Å². The molecule has 0 saturated carbocycles. The van der Waals surface area contributed by atoms with Crippen LogP contribution in [-0.2, 0) is 17.8 Å². The third kappa shape index (κ3) is 4.26. The molecule has 0 bridgehead atoms. The first-order valence-corrected chi connectivity index (χ1v) is 8.51. The predicted molar refractivity (Wildman–Crippen MR) is 94.2 cm³/mol. The highest BCUT2D eigenvalue weighted by Crippen LogP contribution is 2.24. The molecule has 0 saturated heterocycles. The highest BCUT2D eigenvalue weighted by Gasteiger charge is 2.09. The third-order valence-corrected chi connectivity index (χ3v) is 4.54. The van der Waals surface area contributed by atoms with Gasteiger partial charge in [-0.2, -0.15) is 0 Å². The predicted octanol–water partition coefficient (Wildman–Crippen LogP) is 4.12. The van der Waals surface area contributed by atoms with Crippen LogP contribution in [0.5, 0.6) is 0 Å². The summed E-state index contributed by atoms with van der Waals surface area (Å²) in [7, 11) is 0. The van der Waals surface area contributed by atoms with Crippen molar-refractivity contribution in [1.29, 1.82) is 0 Å². The van der Waals surface area contributed by atoms with E-state index in [-0.39, 0.29) is 18.1 Å². The quantitative estimate of drug-likeness (QED) is 0.759. The van der Waals surface area contributed by atoms with Gasteiger partial charge in [-0.25, -0.2) is 9.37 Å². The van der Waals surface area contributed by atoms with Gasteiger partial charge in [0, 0.05) is 17.5 Å². The van der Waals surface area contributed by atoms with Crippen molar-refractivity contribution < 1.29 is 9.18 Å². The van der Waals surface area contributed by atoms with Crippen LogP contribution in [0, 0.1) is 12.7 Å². The normalized spacial score (nSPS) is 10.6. The Morgan fingerprint density at radius 1 is 1.12 bits per heavy atom. The summed E-state index contributed by atoms with van der Waals surface area (Å²) in [6.07, 6.45) is 0.240. The van der Waals surface area contributed by atoms with E-state index in [1.807, 2.05) is 36.6 Å². The lowest BCUT2D eigenvalue weighted by atomic mass is 10.1. The molecule has 24 heavy (non-hydrogen) atoms. The van der Waals surface area contributed by atoms with E-state index in [4.69, 9.17) is 0 Å². The first-order valence-electron chi connectivity index (χ1n) is 7.63. The van der Waals surface area contributed by atoms with E-state index < -0.39 is 0 Å². The van der Waals surface area contributed by atoms with Crippen LogP contribution in [0.25, 0.3) is 10.6 Å².